The van der Waals surface area contributed by atoms with Gasteiger partial charge in [-0.1, -0.05) is 0 Å². The summed E-state index contributed by atoms with van der Waals surface area (Å²) < 4.78 is 26.2. The molecule has 0 N–H and O–H groups in total. The highest BCUT2D eigenvalue weighted by atomic mass is 35.5. The molecule has 0 spiro atoms. The molecule has 0 atom stereocenters. The van der Waals surface area contributed by atoms with Gasteiger partial charge in [-0.15, -0.1) is 0 Å². The second-order valence-corrected chi connectivity index (χ2v) is 6.31. The number of halogens is 1. The average Bonchev–Trinajstić information content (AvgIpc) is 2.71. The Morgan fingerprint density at radius 3 is 2.61 bits per heavy atom. The minimum atomic E-state index is -3.52. The third-order valence-electron chi connectivity index (χ3n) is 2.48. The maximum Gasteiger partial charge on any atom is 0.256 e. The van der Waals surface area contributed by atoms with E-state index in [1.807, 2.05) is 0 Å². The lowest BCUT2D eigenvalue weighted by Crippen LogP contribution is -2.22. The SMILES string of the molecule is CN(C)S(=O)(=O)c1ccc2c(C(=O)Cl)cnn2c1. The fraction of sp³-hybridized carbons (Fsp3) is 0.200. The van der Waals surface area contributed by atoms with Crippen LogP contribution in [0.2, 0.25) is 0 Å². The number of hydrogen-bond acceptors (Lipinski definition) is 4. The number of fused-ring (bicyclic) bond motifs is 1. The van der Waals surface area contributed by atoms with E-state index in [2.05, 4.69) is 5.10 Å². The molecule has 0 bridgehead atoms. The van der Waals surface area contributed by atoms with Crippen LogP contribution in [0.4, 0.5) is 0 Å². The first-order valence-electron chi connectivity index (χ1n) is 4.94. The van der Waals surface area contributed by atoms with Crippen LogP contribution in [0.1, 0.15) is 10.4 Å². The molecule has 6 nitrogen and oxygen atoms in total. The summed E-state index contributed by atoms with van der Waals surface area (Å²) in [6.07, 6.45) is 2.64. The molecule has 0 saturated carbocycles. The Morgan fingerprint density at radius 1 is 1.39 bits per heavy atom. The molecule has 0 aliphatic rings. The zero-order valence-electron chi connectivity index (χ0n) is 9.66. The van der Waals surface area contributed by atoms with E-state index in [9.17, 15) is 13.2 Å². The van der Waals surface area contributed by atoms with Crippen molar-refractivity contribution in [2.45, 2.75) is 4.90 Å². The smallest absolute Gasteiger partial charge is 0.256 e. The zero-order chi connectivity index (χ0) is 13.5. The average molecular weight is 288 g/mol. The summed E-state index contributed by atoms with van der Waals surface area (Å²) in [5.74, 6) is 0. The number of hydrogen-bond donors (Lipinski definition) is 0. The van der Waals surface area contributed by atoms with Gasteiger partial charge in [-0.05, 0) is 23.7 Å². The van der Waals surface area contributed by atoms with Gasteiger partial charge in [0.25, 0.3) is 5.24 Å². The Kier molecular flexibility index (Phi) is 3.14. The van der Waals surface area contributed by atoms with E-state index in [-0.39, 0.29) is 10.5 Å². The van der Waals surface area contributed by atoms with Crippen LogP contribution >= 0.6 is 11.6 Å². The molecule has 0 aliphatic carbocycles. The first-order chi connectivity index (χ1) is 8.34. The standard InChI is InChI=1S/C10H10ClN3O3S/c1-13(2)18(16,17)7-3-4-9-8(10(11)15)5-12-14(9)6-7/h3-6H,1-2H3. The van der Waals surface area contributed by atoms with E-state index < -0.39 is 15.3 Å². The van der Waals surface area contributed by atoms with Crippen LogP contribution in [0.3, 0.4) is 0 Å². The van der Waals surface area contributed by atoms with Crippen molar-refractivity contribution in [1.29, 1.82) is 0 Å². The summed E-state index contributed by atoms with van der Waals surface area (Å²) in [5.41, 5.74) is 0.707. The molecule has 0 aromatic carbocycles. The van der Waals surface area contributed by atoms with E-state index in [1.165, 1.54) is 43.1 Å². The van der Waals surface area contributed by atoms with Crippen LogP contribution in [0.5, 0.6) is 0 Å². The molecule has 2 rings (SSSR count). The van der Waals surface area contributed by atoms with Crippen LogP contribution in [0.25, 0.3) is 5.52 Å². The lowest BCUT2D eigenvalue weighted by Gasteiger charge is -2.11. The highest BCUT2D eigenvalue weighted by Gasteiger charge is 2.19. The van der Waals surface area contributed by atoms with Gasteiger partial charge in [0.1, 0.15) is 4.90 Å². The van der Waals surface area contributed by atoms with Gasteiger partial charge in [0.15, 0.2) is 0 Å². The van der Waals surface area contributed by atoms with Gasteiger partial charge in [0.05, 0.1) is 17.3 Å². The summed E-state index contributed by atoms with van der Waals surface area (Å²) in [7, 11) is -0.643. The van der Waals surface area contributed by atoms with E-state index >= 15 is 0 Å². The predicted molar refractivity (Wildman–Crippen MR) is 66.2 cm³/mol. The van der Waals surface area contributed by atoms with Crippen molar-refractivity contribution < 1.29 is 13.2 Å². The number of aromatic nitrogens is 2. The Balaban J connectivity index is 2.64. The lowest BCUT2D eigenvalue weighted by molar-refractivity contribution is 0.108. The molecule has 18 heavy (non-hydrogen) atoms. The molecule has 0 saturated heterocycles. The van der Waals surface area contributed by atoms with Crippen molar-refractivity contribution in [3.8, 4) is 0 Å². The summed E-state index contributed by atoms with van der Waals surface area (Å²) in [4.78, 5) is 11.2. The quantitative estimate of drug-likeness (QED) is 0.789. The molecule has 96 valence electrons. The number of carbonyl (C=O) groups is 1. The molecule has 2 aromatic rings. The molecular formula is C10H10ClN3O3S. The van der Waals surface area contributed by atoms with Gasteiger partial charge in [-0.25, -0.2) is 17.2 Å². The maximum absolute atomic E-state index is 11.9. The third kappa shape index (κ3) is 2.00. The lowest BCUT2D eigenvalue weighted by atomic mass is 10.3. The number of carbonyl (C=O) groups excluding carboxylic acids is 1. The Morgan fingerprint density at radius 2 is 2.06 bits per heavy atom. The normalized spacial score (nSPS) is 12.2. The molecule has 0 amide bonds. The van der Waals surface area contributed by atoms with Gasteiger partial charge in [0.2, 0.25) is 10.0 Å². The molecule has 0 fully saturated rings. The molecule has 0 radical (unpaired) electrons. The van der Waals surface area contributed by atoms with Crippen LogP contribution in [0.15, 0.2) is 29.4 Å². The van der Waals surface area contributed by atoms with E-state index in [0.29, 0.717) is 5.52 Å². The largest absolute Gasteiger partial charge is 0.275 e. The van der Waals surface area contributed by atoms with Crippen LogP contribution in [0, 0.1) is 0 Å². The highest BCUT2D eigenvalue weighted by Crippen LogP contribution is 2.18. The summed E-state index contributed by atoms with van der Waals surface area (Å²) in [6, 6.07) is 2.91. The Bertz CT molecular complexity index is 721. The Labute approximate surface area is 109 Å². The monoisotopic (exact) mass is 287 g/mol. The number of pyridine rings is 1. The molecular weight excluding hydrogens is 278 g/mol. The minimum Gasteiger partial charge on any atom is -0.275 e. The third-order valence-corrected chi connectivity index (χ3v) is 4.48. The summed E-state index contributed by atoms with van der Waals surface area (Å²) in [6.45, 7) is 0. The van der Waals surface area contributed by atoms with Gasteiger partial charge in [-0.2, -0.15) is 5.10 Å². The Hall–Kier alpha value is -1.44. The van der Waals surface area contributed by atoms with Crippen molar-refractivity contribution in [3.63, 3.8) is 0 Å². The van der Waals surface area contributed by atoms with E-state index in [4.69, 9.17) is 11.6 Å². The molecule has 2 aromatic heterocycles. The van der Waals surface area contributed by atoms with Crippen LogP contribution in [-0.2, 0) is 10.0 Å². The van der Waals surface area contributed by atoms with Crippen molar-refractivity contribution in [2.24, 2.45) is 0 Å². The van der Waals surface area contributed by atoms with Gasteiger partial charge >= 0.3 is 0 Å². The topological polar surface area (TPSA) is 71.8 Å². The summed E-state index contributed by atoms with van der Waals surface area (Å²) >= 11 is 5.38. The minimum absolute atomic E-state index is 0.0941. The fourth-order valence-corrected chi connectivity index (χ4v) is 2.52. The maximum atomic E-state index is 11.9. The van der Waals surface area contributed by atoms with Crippen LogP contribution in [-0.4, -0.2) is 41.7 Å². The highest BCUT2D eigenvalue weighted by molar-refractivity contribution is 7.89. The predicted octanol–water partition coefficient (Wildman–Crippen LogP) is 0.964. The molecule has 2 heterocycles. The molecule has 0 unspecified atom stereocenters. The van der Waals surface area contributed by atoms with Gasteiger partial charge < -0.3 is 0 Å². The van der Waals surface area contributed by atoms with Gasteiger partial charge in [0, 0.05) is 20.3 Å². The van der Waals surface area contributed by atoms with Crippen LogP contribution < -0.4 is 0 Å². The first-order valence-corrected chi connectivity index (χ1v) is 6.75. The van der Waals surface area contributed by atoms with Crippen molar-refractivity contribution in [2.75, 3.05) is 14.1 Å². The van der Waals surface area contributed by atoms with Crippen molar-refractivity contribution in [3.05, 3.63) is 30.1 Å². The van der Waals surface area contributed by atoms with Crippen molar-refractivity contribution in [1.82, 2.24) is 13.9 Å². The first kappa shape index (κ1) is 13.0. The second-order valence-electron chi connectivity index (χ2n) is 3.81. The zero-order valence-corrected chi connectivity index (χ0v) is 11.2. The van der Waals surface area contributed by atoms with E-state index in [1.54, 1.807) is 0 Å². The van der Waals surface area contributed by atoms with Gasteiger partial charge in [-0.3, -0.25) is 4.79 Å². The summed E-state index contributed by atoms with van der Waals surface area (Å²) in [5, 5.41) is 3.27. The molecule has 8 heteroatoms. The van der Waals surface area contributed by atoms with E-state index in [0.717, 1.165) is 4.31 Å². The fourth-order valence-electron chi connectivity index (χ4n) is 1.48. The number of nitrogens with zero attached hydrogens (tertiary/aromatic N) is 3. The number of rotatable bonds is 3. The van der Waals surface area contributed by atoms with Crippen molar-refractivity contribution >= 4 is 32.4 Å². The number of sulfonamides is 1. The second kappa shape index (κ2) is 4.34. The molecule has 0 aliphatic heterocycles.